The topological polar surface area (TPSA) is 77.0 Å². The lowest BCUT2D eigenvalue weighted by Gasteiger charge is -2.31. The maximum absolute atomic E-state index is 12.2. The van der Waals surface area contributed by atoms with Crippen molar-refractivity contribution in [2.75, 3.05) is 13.1 Å². The van der Waals surface area contributed by atoms with E-state index < -0.39 is 0 Å². The minimum atomic E-state index is -0.0487. The van der Waals surface area contributed by atoms with Crippen LogP contribution in [0.25, 0.3) is 11.3 Å². The van der Waals surface area contributed by atoms with E-state index in [4.69, 9.17) is 4.52 Å². The molecule has 0 saturated carbocycles. The highest BCUT2D eigenvalue weighted by atomic mass is 16.5. The van der Waals surface area contributed by atoms with Crippen molar-refractivity contribution in [2.45, 2.75) is 32.9 Å². The van der Waals surface area contributed by atoms with Gasteiger partial charge in [-0.15, -0.1) is 0 Å². The van der Waals surface area contributed by atoms with Gasteiger partial charge >= 0.3 is 0 Å². The predicted molar refractivity (Wildman–Crippen MR) is 101 cm³/mol. The number of nitrogens with zero attached hydrogens (tertiary/aromatic N) is 5. The Kier molecular flexibility index (Phi) is 5.11. The molecule has 0 spiro atoms. The van der Waals surface area contributed by atoms with Crippen LogP contribution in [0.4, 0.5) is 0 Å². The molecule has 1 fully saturated rings. The van der Waals surface area contributed by atoms with Crippen molar-refractivity contribution in [3.63, 3.8) is 0 Å². The molecule has 3 aromatic heterocycles. The summed E-state index contributed by atoms with van der Waals surface area (Å²) in [6.45, 7) is 5.37. The van der Waals surface area contributed by atoms with Crippen molar-refractivity contribution in [1.29, 1.82) is 0 Å². The lowest BCUT2D eigenvalue weighted by molar-refractivity contribution is 0.150. The van der Waals surface area contributed by atoms with E-state index in [-0.39, 0.29) is 5.56 Å². The monoisotopic (exact) mass is 365 g/mol. The van der Waals surface area contributed by atoms with Crippen molar-refractivity contribution in [3.05, 3.63) is 64.5 Å². The van der Waals surface area contributed by atoms with E-state index in [2.05, 4.69) is 20.1 Å². The Hall–Kier alpha value is -2.80. The molecule has 0 aromatic carbocycles. The van der Waals surface area contributed by atoms with Crippen LogP contribution in [0.15, 0.2) is 52.0 Å². The molecule has 140 valence electrons. The van der Waals surface area contributed by atoms with Gasteiger partial charge in [0.15, 0.2) is 5.76 Å². The largest absolute Gasteiger partial charge is 0.360 e. The molecule has 0 unspecified atom stereocenters. The Bertz CT molecular complexity index is 942. The third kappa shape index (κ3) is 4.31. The number of rotatable bonds is 5. The van der Waals surface area contributed by atoms with E-state index in [0.29, 0.717) is 12.5 Å². The molecule has 27 heavy (non-hydrogen) atoms. The molecule has 1 saturated heterocycles. The molecule has 1 aliphatic rings. The number of hydrogen-bond donors (Lipinski definition) is 0. The van der Waals surface area contributed by atoms with Gasteiger partial charge in [0.2, 0.25) is 0 Å². The van der Waals surface area contributed by atoms with Gasteiger partial charge in [0.1, 0.15) is 0 Å². The van der Waals surface area contributed by atoms with Crippen LogP contribution < -0.4 is 5.56 Å². The van der Waals surface area contributed by atoms with Crippen molar-refractivity contribution in [2.24, 2.45) is 5.92 Å². The van der Waals surface area contributed by atoms with E-state index in [1.54, 1.807) is 29.2 Å². The molecule has 0 atom stereocenters. The summed E-state index contributed by atoms with van der Waals surface area (Å²) in [5.74, 6) is 1.37. The summed E-state index contributed by atoms with van der Waals surface area (Å²) in [7, 11) is 0. The third-order valence-corrected chi connectivity index (χ3v) is 5.04. The van der Waals surface area contributed by atoms with Gasteiger partial charge in [0.05, 0.1) is 17.9 Å². The van der Waals surface area contributed by atoms with Crippen LogP contribution >= 0.6 is 0 Å². The molecule has 0 bridgehead atoms. The molecular formula is C20H23N5O2. The van der Waals surface area contributed by atoms with Gasteiger partial charge in [-0.05, 0) is 57.0 Å². The standard InChI is InChI=1S/C20H23N5O2/c1-15-12-18(27-23-15)14-24-10-6-16(7-11-24)13-25-20(26)3-2-19(22-25)17-4-8-21-9-5-17/h2-5,8-9,12,16H,6-7,10-11,13-14H2,1H3. The molecule has 7 heteroatoms. The lowest BCUT2D eigenvalue weighted by Crippen LogP contribution is -2.36. The molecule has 4 rings (SSSR count). The highest BCUT2D eigenvalue weighted by molar-refractivity contribution is 5.56. The Balaban J connectivity index is 1.38. The molecule has 1 aliphatic heterocycles. The molecule has 0 radical (unpaired) electrons. The second-order valence-corrected chi connectivity index (χ2v) is 7.13. The summed E-state index contributed by atoms with van der Waals surface area (Å²) in [5, 5.41) is 8.51. The molecule has 0 aliphatic carbocycles. The van der Waals surface area contributed by atoms with Crippen LogP contribution in [0.3, 0.4) is 0 Å². The highest BCUT2D eigenvalue weighted by Crippen LogP contribution is 2.21. The smallest absolute Gasteiger partial charge is 0.266 e. The maximum atomic E-state index is 12.2. The minimum Gasteiger partial charge on any atom is -0.360 e. The molecule has 4 heterocycles. The number of aromatic nitrogens is 4. The fourth-order valence-electron chi connectivity index (χ4n) is 3.54. The van der Waals surface area contributed by atoms with Gasteiger partial charge in [-0.3, -0.25) is 14.7 Å². The van der Waals surface area contributed by atoms with Crippen molar-refractivity contribution in [3.8, 4) is 11.3 Å². The average Bonchev–Trinajstić information content (AvgIpc) is 3.10. The van der Waals surface area contributed by atoms with Crippen molar-refractivity contribution in [1.82, 2.24) is 24.8 Å². The van der Waals surface area contributed by atoms with E-state index in [0.717, 1.165) is 55.2 Å². The minimum absolute atomic E-state index is 0.0487. The fourth-order valence-corrected chi connectivity index (χ4v) is 3.54. The Morgan fingerprint density at radius 3 is 2.63 bits per heavy atom. The first-order valence-electron chi connectivity index (χ1n) is 9.30. The zero-order valence-electron chi connectivity index (χ0n) is 15.4. The van der Waals surface area contributed by atoms with Gasteiger partial charge in [-0.25, -0.2) is 4.68 Å². The SMILES string of the molecule is Cc1cc(CN2CCC(Cn3nc(-c4ccncc4)ccc3=O)CC2)on1. The second kappa shape index (κ2) is 7.84. The Labute approximate surface area is 157 Å². The summed E-state index contributed by atoms with van der Waals surface area (Å²) in [4.78, 5) is 18.6. The number of aryl methyl sites for hydroxylation is 1. The third-order valence-electron chi connectivity index (χ3n) is 5.04. The van der Waals surface area contributed by atoms with Crippen LogP contribution in [0.1, 0.15) is 24.3 Å². The Morgan fingerprint density at radius 2 is 1.93 bits per heavy atom. The van der Waals surface area contributed by atoms with Gasteiger partial charge in [-0.2, -0.15) is 5.10 Å². The summed E-state index contributed by atoms with van der Waals surface area (Å²) >= 11 is 0. The van der Waals surface area contributed by atoms with E-state index in [1.165, 1.54) is 0 Å². The van der Waals surface area contributed by atoms with Crippen molar-refractivity contribution >= 4 is 0 Å². The quantitative estimate of drug-likeness (QED) is 0.691. The van der Waals surface area contributed by atoms with Gasteiger partial charge in [0, 0.05) is 36.6 Å². The normalized spacial score (nSPS) is 15.9. The lowest BCUT2D eigenvalue weighted by atomic mass is 9.97. The van der Waals surface area contributed by atoms with Crippen LogP contribution in [-0.4, -0.2) is 37.9 Å². The molecule has 7 nitrogen and oxygen atoms in total. The number of hydrogen-bond acceptors (Lipinski definition) is 6. The number of piperidine rings is 1. The van der Waals surface area contributed by atoms with E-state index >= 15 is 0 Å². The first kappa shape index (κ1) is 17.6. The first-order valence-corrected chi connectivity index (χ1v) is 9.30. The van der Waals surface area contributed by atoms with Crippen LogP contribution in [0.5, 0.6) is 0 Å². The zero-order valence-corrected chi connectivity index (χ0v) is 15.4. The summed E-state index contributed by atoms with van der Waals surface area (Å²) in [6, 6.07) is 9.17. The summed E-state index contributed by atoms with van der Waals surface area (Å²) < 4.78 is 6.92. The maximum Gasteiger partial charge on any atom is 0.266 e. The molecule has 3 aromatic rings. The first-order chi connectivity index (χ1) is 13.2. The summed E-state index contributed by atoms with van der Waals surface area (Å²) in [6.07, 6.45) is 5.55. The van der Waals surface area contributed by atoms with Crippen molar-refractivity contribution < 1.29 is 4.52 Å². The fraction of sp³-hybridized carbons (Fsp3) is 0.400. The van der Waals surface area contributed by atoms with Gasteiger partial charge < -0.3 is 4.52 Å². The Morgan fingerprint density at radius 1 is 1.15 bits per heavy atom. The predicted octanol–water partition coefficient (Wildman–Crippen LogP) is 2.51. The molecule has 0 N–H and O–H groups in total. The number of pyridine rings is 1. The molecule has 0 amide bonds. The highest BCUT2D eigenvalue weighted by Gasteiger charge is 2.21. The zero-order chi connectivity index (χ0) is 18.6. The van der Waals surface area contributed by atoms with Crippen LogP contribution in [0.2, 0.25) is 0 Å². The van der Waals surface area contributed by atoms with Crippen LogP contribution in [0, 0.1) is 12.8 Å². The summed E-state index contributed by atoms with van der Waals surface area (Å²) in [5.41, 5.74) is 2.64. The van der Waals surface area contributed by atoms with E-state index in [1.807, 2.05) is 25.1 Å². The van der Waals surface area contributed by atoms with Crippen LogP contribution in [-0.2, 0) is 13.1 Å². The van der Waals surface area contributed by atoms with E-state index in [9.17, 15) is 4.79 Å². The number of likely N-dealkylation sites (tertiary alicyclic amines) is 1. The average molecular weight is 365 g/mol. The van der Waals surface area contributed by atoms with Gasteiger partial charge in [0.25, 0.3) is 5.56 Å². The molecular weight excluding hydrogens is 342 g/mol. The second-order valence-electron chi connectivity index (χ2n) is 7.13. The van der Waals surface area contributed by atoms with Gasteiger partial charge in [-0.1, -0.05) is 5.16 Å².